The fraction of sp³-hybridized carbons (Fsp3) is 0.211. The van der Waals surface area contributed by atoms with Crippen LogP contribution in [0.5, 0.6) is 0 Å². The summed E-state index contributed by atoms with van der Waals surface area (Å²) in [6.45, 7) is 3.68. The molecule has 0 aliphatic carbocycles. The Balaban J connectivity index is 1.65. The third-order valence-corrected chi connectivity index (χ3v) is 5.87. The van der Waals surface area contributed by atoms with Crippen LogP contribution in [0.4, 0.5) is 5.00 Å². The Labute approximate surface area is 175 Å². The largest absolute Gasteiger partial charge is 0.441 e. The summed E-state index contributed by atoms with van der Waals surface area (Å²) in [4.78, 5) is 29.0. The van der Waals surface area contributed by atoms with E-state index in [1.165, 1.54) is 11.3 Å². The number of carbonyl (C=O) groups is 2. The van der Waals surface area contributed by atoms with Crippen molar-refractivity contribution in [2.75, 3.05) is 5.32 Å². The summed E-state index contributed by atoms with van der Waals surface area (Å²) in [5.41, 5.74) is 7.23. The van der Waals surface area contributed by atoms with Gasteiger partial charge in [-0.15, -0.1) is 11.3 Å². The van der Waals surface area contributed by atoms with E-state index < -0.39 is 5.91 Å². The van der Waals surface area contributed by atoms with E-state index in [-0.39, 0.29) is 12.3 Å². The zero-order valence-electron chi connectivity index (χ0n) is 15.1. The standard InChI is InChI=1S/C19H17Cl2N3O3S/c1-9-10(2)28-19(17(9)18(22)26)24-15(25)5-6-16-23-8-14(27-16)12-4-3-11(20)7-13(12)21/h3-4,7-8H,5-6H2,1-2H3,(H2,22,26)(H,24,25). The number of aryl methyl sites for hydroxylation is 2. The number of anilines is 1. The van der Waals surface area contributed by atoms with Gasteiger partial charge < -0.3 is 15.5 Å². The van der Waals surface area contributed by atoms with Crippen molar-refractivity contribution < 1.29 is 14.0 Å². The number of hydrogen-bond donors (Lipinski definition) is 2. The third kappa shape index (κ3) is 4.38. The summed E-state index contributed by atoms with van der Waals surface area (Å²) in [5.74, 6) is 0.0878. The van der Waals surface area contributed by atoms with Crippen LogP contribution in [0.15, 0.2) is 28.8 Å². The molecule has 0 aliphatic rings. The molecule has 0 unspecified atom stereocenters. The van der Waals surface area contributed by atoms with Crippen molar-refractivity contribution in [1.29, 1.82) is 0 Å². The van der Waals surface area contributed by atoms with Crippen molar-refractivity contribution in [3.05, 3.63) is 56.3 Å². The molecule has 0 spiro atoms. The van der Waals surface area contributed by atoms with E-state index in [0.29, 0.717) is 44.2 Å². The zero-order chi connectivity index (χ0) is 20.4. The maximum Gasteiger partial charge on any atom is 0.251 e. The fourth-order valence-electron chi connectivity index (χ4n) is 2.66. The first kappa shape index (κ1) is 20.4. The first-order valence-corrected chi connectivity index (χ1v) is 9.93. The highest BCUT2D eigenvalue weighted by Gasteiger charge is 2.19. The molecule has 0 fully saturated rings. The number of halogens is 2. The highest BCUT2D eigenvalue weighted by molar-refractivity contribution is 7.16. The second kappa shape index (κ2) is 8.34. The molecule has 1 aromatic carbocycles. The van der Waals surface area contributed by atoms with Crippen molar-refractivity contribution in [2.24, 2.45) is 5.73 Å². The Morgan fingerprint density at radius 2 is 2.04 bits per heavy atom. The number of aromatic nitrogens is 1. The monoisotopic (exact) mass is 437 g/mol. The van der Waals surface area contributed by atoms with Crippen LogP contribution >= 0.6 is 34.5 Å². The van der Waals surface area contributed by atoms with Crippen LogP contribution in [-0.4, -0.2) is 16.8 Å². The van der Waals surface area contributed by atoms with Gasteiger partial charge >= 0.3 is 0 Å². The van der Waals surface area contributed by atoms with E-state index in [4.69, 9.17) is 33.4 Å². The van der Waals surface area contributed by atoms with Crippen LogP contribution in [-0.2, 0) is 11.2 Å². The summed E-state index contributed by atoms with van der Waals surface area (Å²) in [7, 11) is 0. The van der Waals surface area contributed by atoms with E-state index in [9.17, 15) is 9.59 Å². The van der Waals surface area contributed by atoms with Crippen molar-refractivity contribution in [3.8, 4) is 11.3 Å². The molecule has 0 saturated heterocycles. The lowest BCUT2D eigenvalue weighted by Crippen LogP contribution is -2.17. The zero-order valence-corrected chi connectivity index (χ0v) is 17.5. The highest BCUT2D eigenvalue weighted by atomic mass is 35.5. The molecule has 0 saturated carbocycles. The predicted octanol–water partition coefficient (Wildman–Crippen LogP) is 5.00. The van der Waals surface area contributed by atoms with Gasteiger partial charge in [-0.25, -0.2) is 4.98 Å². The lowest BCUT2D eigenvalue weighted by molar-refractivity contribution is -0.116. The summed E-state index contributed by atoms with van der Waals surface area (Å²) in [5, 5.41) is 4.20. The van der Waals surface area contributed by atoms with Gasteiger partial charge in [-0.05, 0) is 37.6 Å². The predicted molar refractivity (Wildman–Crippen MR) is 111 cm³/mol. The average molecular weight is 438 g/mol. The number of nitrogens with one attached hydrogen (secondary N) is 1. The molecule has 3 N–H and O–H groups in total. The van der Waals surface area contributed by atoms with E-state index >= 15 is 0 Å². The van der Waals surface area contributed by atoms with Crippen LogP contribution in [0.1, 0.15) is 33.1 Å². The van der Waals surface area contributed by atoms with E-state index in [1.54, 1.807) is 31.3 Å². The van der Waals surface area contributed by atoms with Gasteiger partial charge in [0.25, 0.3) is 5.91 Å². The van der Waals surface area contributed by atoms with Gasteiger partial charge in [0.15, 0.2) is 11.7 Å². The van der Waals surface area contributed by atoms with Crippen LogP contribution < -0.4 is 11.1 Å². The molecule has 2 heterocycles. The number of primary amides is 1. The van der Waals surface area contributed by atoms with Gasteiger partial charge in [0.1, 0.15) is 5.00 Å². The molecule has 9 heteroatoms. The van der Waals surface area contributed by atoms with Gasteiger partial charge in [0, 0.05) is 28.3 Å². The second-order valence-electron chi connectivity index (χ2n) is 6.14. The lowest BCUT2D eigenvalue weighted by Gasteiger charge is -2.04. The molecule has 2 amide bonds. The van der Waals surface area contributed by atoms with Gasteiger partial charge in [-0.1, -0.05) is 23.2 Å². The minimum Gasteiger partial charge on any atom is -0.441 e. The molecule has 146 valence electrons. The number of rotatable bonds is 6. The van der Waals surface area contributed by atoms with Crippen LogP contribution in [0.25, 0.3) is 11.3 Å². The van der Waals surface area contributed by atoms with Crippen molar-refractivity contribution in [2.45, 2.75) is 26.7 Å². The van der Waals surface area contributed by atoms with Crippen molar-refractivity contribution in [3.63, 3.8) is 0 Å². The molecule has 0 aliphatic heterocycles. The first-order valence-electron chi connectivity index (χ1n) is 8.36. The van der Waals surface area contributed by atoms with E-state index in [1.807, 2.05) is 6.92 Å². The smallest absolute Gasteiger partial charge is 0.251 e. The number of amides is 2. The molecule has 2 aromatic heterocycles. The number of hydrogen-bond acceptors (Lipinski definition) is 5. The lowest BCUT2D eigenvalue weighted by atomic mass is 10.1. The Hall–Kier alpha value is -2.35. The Bertz CT molecular complexity index is 1060. The molecule has 0 bridgehead atoms. The Morgan fingerprint density at radius 3 is 2.71 bits per heavy atom. The topological polar surface area (TPSA) is 98.2 Å². The second-order valence-corrected chi connectivity index (χ2v) is 8.21. The maximum atomic E-state index is 12.3. The normalized spacial score (nSPS) is 10.9. The molecular formula is C19H17Cl2N3O3S. The van der Waals surface area contributed by atoms with Gasteiger partial charge in [0.05, 0.1) is 16.8 Å². The SMILES string of the molecule is Cc1sc(NC(=O)CCc2ncc(-c3ccc(Cl)cc3Cl)o2)c(C(N)=O)c1C. The van der Waals surface area contributed by atoms with Crippen LogP contribution in [0, 0.1) is 13.8 Å². The summed E-state index contributed by atoms with van der Waals surface area (Å²) >= 11 is 13.4. The molecule has 0 atom stereocenters. The summed E-state index contributed by atoms with van der Waals surface area (Å²) in [6, 6.07) is 5.07. The first-order chi connectivity index (χ1) is 13.3. The number of oxazole rings is 1. The summed E-state index contributed by atoms with van der Waals surface area (Å²) in [6.07, 6.45) is 1.99. The van der Waals surface area contributed by atoms with Crippen LogP contribution in [0.2, 0.25) is 10.0 Å². The van der Waals surface area contributed by atoms with Crippen molar-refractivity contribution >= 4 is 51.4 Å². The minimum absolute atomic E-state index is 0.141. The highest BCUT2D eigenvalue weighted by Crippen LogP contribution is 2.33. The fourth-order valence-corrected chi connectivity index (χ4v) is 4.24. The van der Waals surface area contributed by atoms with E-state index in [0.717, 1.165) is 10.4 Å². The number of thiophene rings is 1. The number of carbonyl (C=O) groups excluding carboxylic acids is 2. The molecule has 3 aromatic rings. The molecule has 0 radical (unpaired) electrons. The quantitative estimate of drug-likeness (QED) is 0.566. The Kier molecular flexibility index (Phi) is 6.07. The molecule has 28 heavy (non-hydrogen) atoms. The maximum absolute atomic E-state index is 12.3. The number of nitrogens with zero attached hydrogens (tertiary/aromatic N) is 1. The number of nitrogens with two attached hydrogens (primary N) is 1. The van der Waals surface area contributed by atoms with E-state index in [2.05, 4.69) is 10.3 Å². The molecular weight excluding hydrogens is 421 g/mol. The van der Waals surface area contributed by atoms with Gasteiger partial charge in [-0.2, -0.15) is 0 Å². The summed E-state index contributed by atoms with van der Waals surface area (Å²) < 4.78 is 5.69. The number of benzene rings is 1. The Morgan fingerprint density at radius 1 is 1.29 bits per heavy atom. The average Bonchev–Trinajstić information content (AvgIpc) is 3.18. The third-order valence-electron chi connectivity index (χ3n) is 4.20. The van der Waals surface area contributed by atoms with Gasteiger partial charge in [0.2, 0.25) is 5.91 Å². The van der Waals surface area contributed by atoms with Crippen LogP contribution in [0.3, 0.4) is 0 Å². The van der Waals surface area contributed by atoms with Crippen molar-refractivity contribution in [1.82, 2.24) is 4.98 Å². The van der Waals surface area contributed by atoms with Gasteiger partial charge in [-0.3, -0.25) is 9.59 Å². The molecule has 6 nitrogen and oxygen atoms in total. The minimum atomic E-state index is -0.561. The molecule has 3 rings (SSSR count).